The molecule has 86 valence electrons. The molecule has 0 bridgehead atoms. The summed E-state index contributed by atoms with van der Waals surface area (Å²) in [5.74, 6) is 0.369. The summed E-state index contributed by atoms with van der Waals surface area (Å²) < 4.78 is 0. The Morgan fingerprint density at radius 3 is 2.94 bits per heavy atom. The number of nitrogens with one attached hydrogen (secondary N) is 2. The van der Waals surface area contributed by atoms with Crippen molar-refractivity contribution in [1.82, 2.24) is 10.3 Å². The fourth-order valence-corrected chi connectivity index (χ4v) is 2.04. The van der Waals surface area contributed by atoms with Gasteiger partial charge >= 0.3 is 0 Å². The van der Waals surface area contributed by atoms with E-state index in [2.05, 4.69) is 17.2 Å². The lowest BCUT2D eigenvalue weighted by Gasteiger charge is -2.03. The molecule has 3 heteroatoms. The molecule has 0 unspecified atom stereocenters. The predicted molar refractivity (Wildman–Crippen MR) is 66.9 cm³/mol. The van der Waals surface area contributed by atoms with Gasteiger partial charge in [-0.3, -0.25) is 0 Å². The highest BCUT2D eigenvalue weighted by molar-refractivity contribution is 5.91. The van der Waals surface area contributed by atoms with Crippen LogP contribution in [0.2, 0.25) is 0 Å². The first kappa shape index (κ1) is 11.0. The lowest BCUT2D eigenvalue weighted by atomic mass is 10.1. The fourth-order valence-electron chi connectivity index (χ4n) is 2.04. The van der Waals surface area contributed by atoms with Gasteiger partial charge in [-0.05, 0) is 43.6 Å². The number of aromatic hydroxyl groups is 1. The maximum atomic E-state index is 9.88. The number of likely N-dealkylation sites (N-methyl/N-ethyl adjacent to an activating group) is 1. The molecule has 0 radical (unpaired) electrons. The summed E-state index contributed by atoms with van der Waals surface area (Å²) in [6.07, 6.45) is 2.93. The molecule has 2 aromatic rings. The van der Waals surface area contributed by atoms with Gasteiger partial charge in [-0.1, -0.05) is 13.0 Å². The minimum atomic E-state index is 0.369. The average Bonchev–Trinajstić information content (AvgIpc) is 2.69. The number of H-pyrrole nitrogens is 1. The maximum Gasteiger partial charge on any atom is 0.125 e. The Labute approximate surface area is 95.5 Å². The van der Waals surface area contributed by atoms with Gasteiger partial charge in [-0.2, -0.15) is 0 Å². The third kappa shape index (κ3) is 1.91. The average molecular weight is 218 g/mol. The molecule has 1 aromatic heterocycles. The van der Waals surface area contributed by atoms with Crippen LogP contribution < -0.4 is 5.32 Å². The van der Waals surface area contributed by atoms with E-state index in [4.69, 9.17) is 0 Å². The maximum absolute atomic E-state index is 9.88. The topological polar surface area (TPSA) is 48.0 Å². The minimum Gasteiger partial charge on any atom is -0.507 e. The monoisotopic (exact) mass is 218 g/mol. The minimum absolute atomic E-state index is 0.369. The molecule has 0 aliphatic heterocycles. The second kappa shape index (κ2) is 4.58. The standard InChI is InChI=1S/C13H18N2O/c1-3-14-7-6-10-8-15-13-9(2)4-5-11(16)12(10)13/h4-5,8,14-16H,3,6-7H2,1-2H3. The number of phenolic OH excluding ortho intramolecular Hbond substituents is 1. The van der Waals surface area contributed by atoms with Gasteiger partial charge < -0.3 is 15.4 Å². The summed E-state index contributed by atoms with van der Waals surface area (Å²) in [6.45, 7) is 6.06. The third-order valence-corrected chi connectivity index (χ3v) is 2.92. The van der Waals surface area contributed by atoms with E-state index in [1.165, 1.54) is 11.1 Å². The fraction of sp³-hybridized carbons (Fsp3) is 0.385. The summed E-state index contributed by atoms with van der Waals surface area (Å²) in [7, 11) is 0. The Morgan fingerprint density at radius 1 is 1.38 bits per heavy atom. The number of benzene rings is 1. The van der Waals surface area contributed by atoms with E-state index in [0.29, 0.717) is 5.75 Å². The molecule has 0 atom stereocenters. The normalized spacial score (nSPS) is 11.1. The molecule has 0 spiro atoms. The second-order valence-electron chi connectivity index (χ2n) is 4.07. The number of aromatic amines is 1. The number of aromatic nitrogens is 1. The van der Waals surface area contributed by atoms with Crippen LogP contribution in [-0.2, 0) is 6.42 Å². The van der Waals surface area contributed by atoms with Crippen molar-refractivity contribution < 1.29 is 5.11 Å². The third-order valence-electron chi connectivity index (χ3n) is 2.92. The molecule has 1 aromatic carbocycles. The highest BCUT2D eigenvalue weighted by Gasteiger charge is 2.09. The zero-order valence-electron chi connectivity index (χ0n) is 9.80. The molecule has 0 aliphatic carbocycles. The van der Waals surface area contributed by atoms with Crippen LogP contribution >= 0.6 is 0 Å². The summed E-state index contributed by atoms with van der Waals surface area (Å²) in [6, 6.07) is 3.70. The Morgan fingerprint density at radius 2 is 2.19 bits per heavy atom. The Bertz CT molecular complexity index is 488. The van der Waals surface area contributed by atoms with Gasteiger partial charge in [0.1, 0.15) is 5.75 Å². The molecule has 3 N–H and O–H groups in total. The van der Waals surface area contributed by atoms with Crippen LogP contribution in [0.25, 0.3) is 10.9 Å². The molecule has 0 saturated carbocycles. The van der Waals surface area contributed by atoms with Crippen molar-refractivity contribution >= 4 is 10.9 Å². The number of hydrogen-bond donors (Lipinski definition) is 3. The Balaban J connectivity index is 2.36. The van der Waals surface area contributed by atoms with Crippen molar-refractivity contribution in [3.63, 3.8) is 0 Å². The first-order valence-electron chi connectivity index (χ1n) is 5.73. The van der Waals surface area contributed by atoms with E-state index in [1.54, 1.807) is 6.07 Å². The Hall–Kier alpha value is -1.48. The zero-order chi connectivity index (χ0) is 11.5. The van der Waals surface area contributed by atoms with Crippen molar-refractivity contribution in [3.05, 3.63) is 29.5 Å². The van der Waals surface area contributed by atoms with Crippen molar-refractivity contribution in [2.45, 2.75) is 20.3 Å². The van der Waals surface area contributed by atoms with Gasteiger partial charge in [0.2, 0.25) is 0 Å². The molecular weight excluding hydrogens is 200 g/mol. The van der Waals surface area contributed by atoms with Crippen LogP contribution in [0.5, 0.6) is 5.75 Å². The summed E-state index contributed by atoms with van der Waals surface area (Å²) in [4.78, 5) is 3.24. The van der Waals surface area contributed by atoms with Crippen LogP contribution in [0.3, 0.4) is 0 Å². The summed E-state index contributed by atoms with van der Waals surface area (Å²) in [5, 5.41) is 14.1. The van der Waals surface area contributed by atoms with Gasteiger partial charge in [0.15, 0.2) is 0 Å². The van der Waals surface area contributed by atoms with Crippen molar-refractivity contribution in [1.29, 1.82) is 0 Å². The van der Waals surface area contributed by atoms with Crippen LogP contribution in [0.1, 0.15) is 18.1 Å². The molecule has 3 nitrogen and oxygen atoms in total. The molecular formula is C13H18N2O. The first-order valence-corrected chi connectivity index (χ1v) is 5.73. The number of hydrogen-bond acceptors (Lipinski definition) is 2. The lowest BCUT2D eigenvalue weighted by molar-refractivity contribution is 0.481. The SMILES string of the molecule is CCNCCc1c[nH]c2c(C)ccc(O)c12. The lowest BCUT2D eigenvalue weighted by Crippen LogP contribution is -2.15. The van der Waals surface area contributed by atoms with E-state index < -0.39 is 0 Å². The van der Waals surface area contributed by atoms with Gasteiger partial charge in [0.25, 0.3) is 0 Å². The van der Waals surface area contributed by atoms with Crippen LogP contribution in [0, 0.1) is 6.92 Å². The van der Waals surface area contributed by atoms with Gasteiger partial charge in [0, 0.05) is 11.6 Å². The molecule has 2 rings (SSSR count). The van der Waals surface area contributed by atoms with Crippen molar-refractivity contribution in [2.75, 3.05) is 13.1 Å². The van der Waals surface area contributed by atoms with E-state index >= 15 is 0 Å². The highest BCUT2D eigenvalue weighted by atomic mass is 16.3. The molecule has 0 amide bonds. The zero-order valence-corrected chi connectivity index (χ0v) is 9.80. The number of fused-ring (bicyclic) bond motifs is 1. The van der Waals surface area contributed by atoms with Crippen LogP contribution in [0.15, 0.2) is 18.3 Å². The predicted octanol–water partition coefficient (Wildman–Crippen LogP) is 2.33. The van der Waals surface area contributed by atoms with Gasteiger partial charge in [-0.25, -0.2) is 0 Å². The smallest absolute Gasteiger partial charge is 0.125 e. The van der Waals surface area contributed by atoms with Crippen molar-refractivity contribution in [3.8, 4) is 5.75 Å². The van der Waals surface area contributed by atoms with E-state index in [1.807, 2.05) is 19.2 Å². The molecule has 1 heterocycles. The highest BCUT2D eigenvalue weighted by Crippen LogP contribution is 2.30. The van der Waals surface area contributed by atoms with E-state index in [9.17, 15) is 5.11 Å². The van der Waals surface area contributed by atoms with Crippen molar-refractivity contribution in [2.24, 2.45) is 0 Å². The summed E-state index contributed by atoms with van der Waals surface area (Å²) in [5.41, 5.74) is 3.39. The molecule has 0 aliphatic rings. The van der Waals surface area contributed by atoms with Crippen LogP contribution in [-0.4, -0.2) is 23.2 Å². The van der Waals surface area contributed by atoms with E-state index in [-0.39, 0.29) is 0 Å². The van der Waals surface area contributed by atoms with E-state index in [0.717, 1.165) is 30.4 Å². The first-order chi connectivity index (χ1) is 7.74. The van der Waals surface area contributed by atoms with Crippen LogP contribution in [0.4, 0.5) is 0 Å². The van der Waals surface area contributed by atoms with Gasteiger partial charge in [0.05, 0.1) is 5.52 Å². The second-order valence-corrected chi connectivity index (χ2v) is 4.07. The quantitative estimate of drug-likeness (QED) is 0.690. The summed E-state index contributed by atoms with van der Waals surface area (Å²) >= 11 is 0. The Kier molecular flexibility index (Phi) is 3.15. The molecule has 16 heavy (non-hydrogen) atoms. The number of rotatable bonds is 4. The molecule has 0 fully saturated rings. The molecule has 0 saturated heterocycles. The number of aryl methyl sites for hydroxylation is 1. The van der Waals surface area contributed by atoms with Gasteiger partial charge in [-0.15, -0.1) is 0 Å². The largest absolute Gasteiger partial charge is 0.507 e. The number of phenols is 1.